The monoisotopic (exact) mass is 490 g/mol. The molecule has 0 bridgehead atoms. The van der Waals surface area contributed by atoms with E-state index in [0.717, 1.165) is 16.0 Å². The number of benzene rings is 2. The number of nitrogens with zero attached hydrogens (tertiary/aromatic N) is 2. The van der Waals surface area contributed by atoms with Crippen LogP contribution in [0.25, 0.3) is 0 Å². The Morgan fingerprint density at radius 3 is 2.22 bits per heavy atom. The van der Waals surface area contributed by atoms with E-state index in [4.69, 9.17) is 11.6 Å². The van der Waals surface area contributed by atoms with Gasteiger partial charge in [-0.05, 0) is 67.6 Å². The molecule has 32 heavy (non-hydrogen) atoms. The summed E-state index contributed by atoms with van der Waals surface area (Å²) in [5.74, 6) is -0.243. The van der Waals surface area contributed by atoms with Crippen LogP contribution in [0, 0.1) is 6.92 Å². The highest BCUT2D eigenvalue weighted by atomic mass is 35.5. The van der Waals surface area contributed by atoms with E-state index < -0.39 is 10.0 Å². The SMILES string of the molecule is Cc1ccsc1CN(Cc1ccccc1)C(=O)CN(C(C)C)S(=O)(=O)c1ccc(Cl)cc1. The summed E-state index contributed by atoms with van der Waals surface area (Å²) in [7, 11) is -3.86. The first-order chi connectivity index (χ1) is 15.2. The van der Waals surface area contributed by atoms with Crippen LogP contribution in [0.2, 0.25) is 5.02 Å². The first-order valence-corrected chi connectivity index (χ1v) is 13.0. The molecule has 0 atom stereocenters. The second kappa shape index (κ2) is 10.6. The maximum Gasteiger partial charge on any atom is 0.243 e. The van der Waals surface area contributed by atoms with Crippen LogP contribution >= 0.6 is 22.9 Å². The van der Waals surface area contributed by atoms with Crippen LogP contribution in [0.1, 0.15) is 29.9 Å². The molecule has 8 heteroatoms. The zero-order chi connectivity index (χ0) is 23.3. The van der Waals surface area contributed by atoms with Crippen molar-refractivity contribution in [3.63, 3.8) is 0 Å². The standard InChI is InChI=1S/C24H27ClN2O3S2/c1-18(2)27(32(29,30)22-11-9-21(25)10-12-22)17-24(28)26(15-20-7-5-4-6-8-20)16-23-19(3)13-14-31-23/h4-14,18H,15-17H2,1-3H3. The number of rotatable bonds is 9. The van der Waals surface area contributed by atoms with Crippen molar-refractivity contribution in [2.24, 2.45) is 0 Å². The molecule has 0 N–H and O–H groups in total. The van der Waals surface area contributed by atoms with Crippen molar-refractivity contribution >= 4 is 38.9 Å². The molecule has 3 aromatic rings. The number of carbonyl (C=O) groups is 1. The van der Waals surface area contributed by atoms with Gasteiger partial charge in [0, 0.05) is 22.5 Å². The molecule has 1 aromatic heterocycles. The average Bonchev–Trinajstić information content (AvgIpc) is 3.16. The van der Waals surface area contributed by atoms with E-state index in [9.17, 15) is 13.2 Å². The fourth-order valence-corrected chi connectivity index (χ4v) is 5.93. The Labute approximate surface area is 199 Å². The van der Waals surface area contributed by atoms with Crippen LogP contribution < -0.4 is 0 Å². The Bertz CT molecular complexity index is 1140. The van der Waals surface area contributed by atoms with E-state index in [1.807, 2.05) is 48.7 Å². The van der Waals surface area contributed by atoms with Crippen molar-refractivity contribution in [2.45, 2.75) is 44.8 Å². The Kier molecular flexibility index (Phi) is 8.11. The molecule has 0 radical (unpaired) electrons. The predicted molar refractivity (Wildman–Crippen MR) is 130 cm³/mol. The van der Waals surface area contributed by atoms with Gasteiger partial charge < -0.3 is 4.90 Å². The summed E-state index contributed by atoms with van der Waals surface area (Å²) in [6, 6.07) is 17.4. The molecule has 0 unspecified atom stereocenters. The van der Waals surface area contributed by atoms with Gasteiger partial charge in [0.1, 0.15) is 0 Å². The first kappa shape index (κ1) is 24.5. The van der Waals surface area contributed by atoms with Gasteiger partial charge in [0.15, 0.2) is 0 Å². The molecule has 2 aromatic carbocycles. The van der Waals surface area contributed by atoms with E-state index >= 15 is 0 Å². The Balaban J connectivity index is 1.87. The number of thiophene rings is 1. The third kappa shape index (κ3) is 5.98. The summed E-state index contributed by atoms with van der Waals surface area (Å²) in [5.41, 5.74) is 2.11. The van der Waals surface area contributed by atoms with Gasteiger partial charge in [0.25, 0.3) is 0 Å². The Morgan fingerprint density at radius 1 is 1.00 bits per heavy atom. The third-order valence-electron chi connectivity index (χ3n) is 5.16. The molecular weight excluding hydrogens is 464 g/mol. The lowest BCUT2D eigenvalue weighted by Gasteiger charge is -2.29. The van der Waals surface area contributed by atoms with E-state index in [2.05, 4.69) is 0 Å². The number of sulfonamides is 1. The van der Waals surface area contributed by atoms with E-state index in [0.29, 0.717) is 18.1 Å². The van der Waals surface area contributed by atoms with Crippen LogP contribution in [-0.2, 0) is 27.9 Å². The summed E-state index contributed by atoms with van der Waals surface area (Å²) in [4.78, 5) is 16.4. The Hall–Kier alpha value is -2.19. The highest BCUT2D eigenvalue weighted by Gasteiger charge is 2.31. The summed E-state index contributed by atoms with van der Waals surface area (Å²) >= 11 is 7.52. The summed E-state index contributed by atoms with van der Waals surface area (Å²) in [5, 5.41) is 2.46. The highest BCUT2D eigenvalue weighted by molar-refractivity contribution is 7.89. The molecule has 1 heterocycles. The zero-order valence-corrected chi connectivity index (χ0v) is 20.8. The smallest absolute Gasteiger partial charge is 0.243 e. The lowest BCUT2D eigenvalue weighted by atomic mass is 10.2. The van der Waals surface area contributed by atoms with Gasteiger partial charge in [-0.2, -0.15) is 4.31 Å². The lowest BCUT2D eigenvalue weighted by Crippen LogP contribution is -2.45. The summed E-state index contributed by atoms with van der Waals surface area (Å²) in [6.45, 7) is 6.16. The number of amides is 1. The fourth-order valence-electron chi connectivity index (χ4n) is 3.30. The van der Waals surface area contributed by atoms with E-state index in [-0.39, 0.29) is 23.4 Å². The molecule has 1 amide bonds. The number of hydrogen-bond donors (Lipinski definition) is 0. The van der Waals surface area contributed by atoms with Crippen LogP contribution in [0.5, 0.6) is 0 Å². The molecule has 0 spiro atoms. The normalized spacial score (nSPS) is 11.8. The van der Waals surface area contributed by atoms with Gasteiger partial charge in [0.2, 0.25) is 15.9 Å². The molecule has 0 aliphatic heterocycles. The molecule has 0 aliphatic rings. The van der Waals surface area contributed by atoms with Gasteiger partial charge in [-0.3, -0.25) is 4.79 Å². The van der Waals surface area contributed by atoms with Gasteiger partial charge in [0.05, 0.1) is 18.0 Å². The maximum absolute atomic E-state index is 13.4. The van der Waals surface area contributed by atoms with E-state index in [1.165, 1.54) is 28.6 Å². The third-order valence-corrected chi connectivity index (χ3v) is 8.45. The Morgan fingerprint density at radius 2 is 1.66 bits per heavy atom. The number of aryl methyl sites for hydroxylation is 1. The van der Waals surface area contributed by atoms with Crippen molar-refractivity contribution in [3.8, 4) is 0 Å². The highest BCUT2D eigenvalue weighted by Crippen LogP contribution is 2.23. The topological polar surface area (TPSA) is 57.7 Å². The molecular formula is C24H27ClN2O3S2. The van der Waals surface area contributed by atoms with Crippen molar-refractivity contribution in [3.05, 3.63) is 87.1 Å². The number of halogens is 1. The van der Waals surface area contributed by atoms with Crippen LogP contribution in [0.3, 0.4) is 0 Å². The number of hydrogen-bond acceptors (Lipinski definition) is 4. The zero-order valence-electron chi connectivity index (χ0n) is 18.4. The van der Waals surface area contributed by atoms with Crippen molar-refractivity contribution in [2.75, 3.05) is 6.54 Å². The van der Waals surface area contributed by atoms with Gasteiger partial charge in [-0.15, -0.1) is 11.3 Å². The molecule has 3 rings (SSSR count). The maximum atomic E-state index is 13.4. The quantitative estimate of drug-likeness (QED) is 0.407. The minimum absolute atomic E-state index is 0.118. The van der Waals surface area contributed by atoms with Crippen molar-refractivity contribution in [1.29, 1.82) is 0 Å². The molecule has 0 fully saturated rings. The number of carbonyl (C=O) groups excluding carboxylic acids is 1. The second-order valence-electron chi connectivity index (χ2n) is 7.86. The minimum atomic E-state index is -3.86. The van der Waals surface area contributed by atoms with Gasteiger partial charge >= 0.3 is 0 Å². The van der Waals surface area contributed by atoms with Crippen LogP contribution in [-0.4, -0.2) is 36.1 Å². The fraction of sp³-hybridized carbons (Fsp3) is 0.292. The second-order valence-corrected chi connectivity index (χ2v) is 11.2. The van der Waals surface area contributed by atoms with Crippen molar-refractivity contribution in [1.82, 2.24) is 9.21 Å². The van der Waals surface area contributed by atoms with Gasteiger partial charge in [-0.1, -0.05) is 41.9 Å². The summed E-state index contributed by atoms with van der Waals surface area (Å²) in [6.07, 6.45) is 0. The largest absolute Gasteiger partial charge is 0.332 e. The average molecular weight is 491 g/mol. The summed E-state index contributed by atoms with van der Waals surface area (Å²) < 4.78 is 27.8. The molecule has 0 saturated carbocycles. The van der Waals surface area contributed by atoms with Crippen LogP contribution in [0.15, 0.2) is 70.9 Å². The molecule has 170 valence electrons. The molecule has 0 aliphatic carbocycles. The lowest BCUT2D eigenvalue weighted by molar-refractivity contribution is -0.132. The van der Waals surface area contributed by atoms with Gasteiger partial charge in [-0.25, -0.2) is 8.42 Å². The van der Waals surface area contributed by atoms with E-state index in [1.54, 1.807) is 30.1 Å². The van der Waals surface area contributed by atoms with Crippen LogP contribution in [0.4, 0.5) is 0 Å². The van der Waals surface area contributed by atoms with Crippen molar-refractivity contribution < 1.29 is 13.2 Å². The molecule has 0 saturated heterocycles. The first-order valence-electron chi connectivity index (χ1n) is 10.3. The minimum Gasteiger partial charge on any atom is -0.332 e. The predicted octanol–water partition coefficient (Wildman–Crippen LogP) is 5.34. The molecule has 5 nitrogen and oxygen atoms in total.